The fourth-order valence-electron chi connectivity index (χ4n) is 4.27. The minimum Gasteiger partial charge on any atom is -0.488 e. The molecule has 1 aromatic carbocycles. The second-order valence-electron chi connectivity index (χ2n) is 7.86. The SMILES string of the molecule is CNC(=O)n1ccc(N2CCOC3=C2NCC(C(=O)N2Cc4ccccc4C2)=C3)cc1=N. The summed E-state index contributed by atoms with van der Waals surface area (Å²) in [6, 6.07) is 11.2. The summed E-state index contributed by atoms with van der Waals surface area (Å²) in [4.78, 5) is 28.9. The zero-order valence-corrected chi connectivity index (χ0v) is 17.7. The Morgan fingerprint density at radius 3 is 2.59 bits per heavy atom. The Morgan fingerprint density at radius 2 is 1.91 bits per heavy atom. The molecule has 0 bridgehead atoms. The zero-order valence-electron chi connectivity index (χ0n) is 17.7. The molecular formula is C23H24N6O3. The van der Waals surface area contributed by atoms with Crippen LogP contribution >= 0.6 is 0 Å². The highest BCUT2D eigenvalue weighted by molar-refractivity contribution is 5.95. The summed E-state index contributed by atoms with van der Waals surface area (Å²) >= 11 is 0. The van der Waals surface area contributed by atoms with Crippen molar-refractivity contribution in [1.29, 1.82) is 5.41 Å². The number of rotatable bonds is 2. The predicted octanol–water partition coefficient (Wildman–Crippen LogP) is 1.23. The summed E-state index contributed by atoms with van der Waals surface area (Å²) in [7, 11) is 1.53. The summed E-state index contributed by atoms with van der Waals surface area (Å²) in [5.74, 6) is 1.37. The van der Waals surface area contributed by atoms with Gasteiger partial charge in [0.15, 0.2) is 5.76 Å². The van der Waals surface area contributed by atoms with Crippen LogP contribution in [0.5, 0.6) is 0 Å². The molecule has 32 heavy (non-hydrogen) atoms. The number of ether oxygens (including phenoxy) is 1. The van der Waals surface area contributed by atoms with Gasteiger partial charge < -0.3 is 25.2 Å². The Labute approximate surface area is 185 Å². The van der Waals surface area contributed by atoms with E-state index >= 15 is 0 Å². The van der Waals surface area contributed by atoms with Crippen molar-refractivity contribution in [3.63, 3.8) is 0 Å². The van der Waals surface area contributed by atoms with Crippen molar-refractivity contribution in [3.8, 4) is 0 Å². The largest absolute Gasteiger partial charge is 0.488 e. The van der Waals surface area contributed by atoms with E-state index in [1.165, 1.54) is 22.7 Å². The van der Waals surface area contributed by atoms with Crippen LogP contribution in [0.25, 0.3) is 0 Å². The molecule has 3 N–H and O–H groups in total. The number of anilines is 1. The number of amides is 2. The van der Waals surface area contributed by atoms with Gasteiger partial charge in [-0.15, -0.1) is 0 Å². The molecule has 4 heterocycles. The Balaban J connectivity index is 1.39. The van der Waals surface area contributed by atoms with Crippen molar-refractivity contribution < 1.29 is 14.3 Å². The number of aromatic nitrogens is 1. The maximum Gasteiger partial charge on any atom is 0.326 e. The Hall–Kier alpha value is -4.01. The number of hydrogen-bond acceptors (Lipinski definition) is 6. The van der Waals surface area contributed by atoms with E-state index < -0.39 is 0 Å². The van der Waals surface area contributed by atoms with E-state index in [-0.39, 0.29) is 17.4 Å². The molecule has 0 aliphatic carbocycles. The second kappa shape index (κ2) is 7.92. The van der Waals surface area contributed by atoms with Crippen molar-refractivity contribution in [2.45, 2.75) is 13.1 Å². The van der Waals surface area contributed by atoms with Gasteiger partial charge in [-0.05, 0) is 23.3 Å². The summed E-state index contributed by atoms with van der Waals surface area (Å²) in [5, 5.41) is 14.0. The molecule has 2 amide bonds. The van der Waals surface area contributed by atoms with Crippen LogP contribution in [0.2, 0.25) is 0 Å². The highest BCUT2D eigenvalue weighted by Crippen LogP contribution is 2.28. The number of carbonyl (C=O) groups is 2. The van der Waals surface area contributed by atoms with Gasteiger partial charge in [-0.25, -0.2) is 4.79 Å². The molecule has 9 heteroatoms. The predicted molar refractivity (Wildman–Crippen MR) is 117 cm³/mol. The third-order valence-electron chi connectivity index (χ3n) is 5.91. The molecule has 164 valence electrons. The quantitative estimate of drug-likeness (QED) is 0.663. The Morgan fingerprint density at radius 1 is 1.16 bits per heavy atom. The van der Waals surface area contributed by atoms with Gasteiger partial charge >= 0.3 is 6.03 Å². The number of pyridine rings is 1. The maximum absolute atomic E-state index is 13.1. The molecule has 3 aliphatic rings. The number of benzene rings is 1. The molecule has 3 aliphatic heterocycles. The first kappa shape index (κ1) is 19.9. The highest BCUT2D eigenvalue weighted by Gasteiger charge is 2.30. The number of fused-ring (bicyclic) bond motifs is 1. The summed E-state index contributed by atoms with van der Waals surface area (Å²) in [5.41, 5.74) is 3.89. The average Bonchev–Trinajstić information content (AvgIpc) is 3.26. The summed E-state index contributed by atoms with van der Waals surface area (Å²) in [6.45, 7) is 2.67. The van der Waals surface area contributed by atoms with Gasteiger partial charge in [-0.1, -0.05) is 24.3 Å². The first-order chi connectivity index (χ1) is 15.5. The summed E-state index contributed by atoms with van der Waals surface area (Å²) in [6.07, 6.45) is 3.39. The van der Waals surface area contributed by atoms with Crippen LogP contribution in [0, 0.1) is 5.41 Å². The third-order valence-corrected chi connectivity index (χ3v) is 5.91. The summed E-state index contributed by atoms with van der Waals surface area (Å²) < 4.78 is 7.09. The lowest BCUT2D eigenvalue weighted by atomic mass is 10.1. The monoisotopic (exact) mass is 432 g/mol. The van der Waals surface area contributed by atoms with Crippen LogP contribution in [-0.2, 0) is 22.6 Å². The number of dihydropyridines is 1. The van der Waals surface area contributed by atoms with E-state index in [0.29, 0.717) is 44.1 Å². The van der Waals surface area contributed by atoms with E-state index in [0.717, 1.165) is 11.5 Å². The smallest absolute Gasteiger partial charge is 0.326 e. The van der Waals surface area contributed by atoms with Crippen molar-refractivity contribution in [2.24, 2.45) is 0 Å². The van der Waals surface area contributed by atoms with Gasteiger partial charge in [0.2, 0.25) is 0 Å². The minimum absolute atomic E-state index is 0.000693. The number of carbonyl (C=O) groups excluding carboxylic acids is 2. The normalized spacial score (nSPS) is 17.1. The number of hydrogen-bond donors (Lipinski definition) is 3. The lowest BCUT2D eigenvalue weighted by Crippen LogP contribution is -2.44. The van der Waals surface area contributed by atoms with E-state index in [4.69, 9.17) is 10.1 Å². The van der Waals surface area contributed by atoms with Gasteiger partial charge in [0, 0.05) is 50.2 Å². The Kier molecular flexibility index (Phi) is 4.93. The molecule has 0 unspecified atom stereocenters. The van der Waals surface area contributed by atoms with E-state index in [2.05, 4.69) is 22.8 Å². The Bertz CT molecular complexity index is 1200. The third kappa shape index (κ3) is 3.41. The average molecular weight is 432 g/mol. The zero-order chi connectivity index (χ0) is 22.2. The molecule has 0 saturated heterocycles. The molecule has 0 fully saturated rings. The number of nitrogens with one attached hydrogen (secondary N) is 3. The van der Waals surface area contributed by atoms with Crippen LogP contribution in [0.4, 0.5) is 10.5 Å². The van der Waals surface area contributed by atoms with Crippen LogP contribution in [-0.4, -0.2) is 48.1 Å². The standard InChI is InChI=1S/C23H24N6O3/c1-25-23(31)29-7-6-18(11-20(29)24)28-8-9-32-19-10-17(12-26-21(19)28)22(30)27-13-15-4-2-3-5-16(15)14-27/h2-7,10-11,24,26H,8-9,12-14H2,1H3,(H,25,31). The number of allylic oxidation sites excluding steroid dienone is 1. The van der Waals surface area contributed by atoms with Crippen LogP contribution in [0.1, 0.15) is 11.1 Å². The lowest BCUT2D eigenvalue weighted by Gasteiger charge is -2.36. The second-order valence-corrected chi connectivity index (χ2v) is 7.86. The first-order valence-electron chi connectivity index (χ1n) is 10.5. The van der Waals surface area contributed by atoms with Gasteiger partial charge in [-0.2, -0.15) is 0 Å². The fourth-order valence-corrected chi connectivity index (χ4v) is 4.27. The van der Waals surface area contributed by atoms with Crippen LogP contribution in [0.3, 0.4) is 0 Å². The molecule has 0 spiro atoms. The molecule has 0 atom stereocenters. The van der Waals surface area contributed by atoms with Crippen LogP contribution < -0.4 is 21.0 Å². The van der Waals surface area contributed by atoms with Gasteiger partial charge in [0.1, 0.15) is 17.9 Å². The molecule has 2 aromatic rings. The first-order valence-corrected chi connectivity index (χ1v) is 10.5. The molecule has 5 rings (SSSR count). The van der Waals surface area contributed by atoms with Crippen LogP contribution in [0.15, 0.2) is 65.8 Å². The molecule has 0 saturated carbocycles. The molecule has 9 nitrogen and oxygen atoms in total. The van der Waals surface area contributed by atoms with Crippen molar-refractivity contribution in [1.82, 2.24) is 20.1 Å². The van der Waals surface area contributed by atoms with E-state index in [9.17, 15) is 9.59 Å². The lowest BCUT2D eigenvalue weighted by molar-refractivity contribution is -0.127. The molecular weight excluding hydrogens is 408 g/mol. The van der Waals surface area contributed by atoms with Crippen molar-refractivity contribution in [2.75, 3.05) is 31.6 Å². The van der Waals surface area contributed by atoms with E-state index in [1.807, 2.05) is 28.0 Å². The van der Waals surface area contributed by atoms with Crippen molar-refractivity contribution in [3.05, 3.63) is 82.4 Å². The fraction of sp³-hybridized carbons (Fsp3) is 0.261. The van der Waals surface area contributed by atoms with E-state index in [1.54, 1.807) is 18.3 Å². The van der Waals surface area contributed by atoms with Gasteiger partial charge in [-0.3, -0.25) is 14.8 Å². The number of nitrogens with zero attached hydrogens (tertiary/aromatic N) is 3. The molecule has 1 aromatic heterocycles. The minimum atomic E-state index is -0.366. The maximum atomic E-state index is 13.1. The topological polar surface area (TPSA) is 103 Å². The van der Waals surface area contributed by atoms with Gasteiger partial charge in [0.05, 0.1) is 6.54 Å². The van der Waals surface area contributed by atoms with Gasteiger partial charge in [0.25, 0.3) is 5.91 Å². The molecule has 0 radical (unpaired) electrons. The highest BCUT2D eigenvalue weighted by atomic mass is 16.5. The van der Waals surface area contributed by atoms with Crippen molar-refractivity contribution >= 4 is 17.6 Å².